The Kier molecular flexibility index (Phi) is 4.93. The standard InChI is InChI=1S/C11H21N5O/c1-6-7-12-9-13-10(16(4)8(2)3)15-11(14-9)17-5/h8H,6-7H2,1-5H3,(H,12,13,14,15). The lowest BCUT2D eigenvalue weighted by molar-refractivity contribution is 0.378. The number of nitrogens with one attached hydrogen (secondary N) is 1. The molecule has 0 spiro atoms. The molecule has 1 heterocycles. The van der Waals surface area contributed by atoms with Gasteiger partial charge in [0.1, 0.15) is 0 Å². The molecule has 0 fully saturated rings. The minimum Gasteiger partial charge on any atom is -0.467 e. The molecule has 0 aromatic carbocycles. The molecule has 0 aliphatic rings. The molecule has 6 heteroatoms. The molecule has 0 saturated heterocycles. The summed E-state index contributed by atoms with van der Waals surface area (Å²) in [4.78, 5) is 14.7. The molecule has 17 heavy (non-hydrogen) atoms. The third-order valence-electron chi connectivity index (χ3n) is 2.41. The van der Waals surface area contributed by atoms with Crippen LogP contribution >= 0.6 is 0 Å². The Morgan fingerprint density at radius 1 is 1.29 bits per heavy atom. The van der Waals surface area contributed by atoms with Gasteiger partial charge in [-0.25, -0.2) is 0 Å². The van der Waals surface area contributed by atoms with Crippen LogP contribution in [0.4, 0.5) is 11.9 Å². The summed E-state index contributed by atoms with van der Waals surface area (Å²) in [6, 6.07) is 0.655. The van der Waals surface area contributed by atoms with Crippen LogP contribution in [-0.4, -0.2) is 41.7 Å². The highest BCUT2D eigenvalue weighted by Crippen LogP contribution is 2.15. The highest BCUT2D eigenvalue weighted by atomic mass is 16.5. The Bertz CT molecular complexity index is 356. The summed E-state index contributed by atoms with van der Waals surface area (Å²) in [6.45, 7) is 7.08. The van der Waals surface area contributed by atoms with Crippen molar-refractivity contribution >= 4 is 11.9 Å². The molecule has 1 rings (SSSR count). The summed E-state index contributed by atoms with van der Waals surface area (Å²) in [5.41, 5.74) is 0. The second-order valence-electron chi connectivity index (χ2n) is 4.08. The topological polar surface area (TPSA) is 63.2 Å². The van der Waals surface area contributed by atoms with Crippen molar-refractivity contribution in [1.29, 1.82) is 0 Å². The van der Waals surface area contributed by atoms with Crippen LogP contribution < -0.4 is 15.0 Å². The molecule has 1 aromatic heterocycles. The van der Waals surface area contributed by atoms with Gasteiger partial charge in [-0.05, 0) is 20.3 Å². The summed E-state index contributed by atoms with van der Waals surface area (Å²) < 4.78 is 5.08. The predicted molar refractivity (Wildman–Crippen MR) is 68.7 cm³/mol. The summed E-state index contributed by atoms with van der Waals surface area (Å²) in [5.74, 6) is 1.17. The van der Waals surface area contributed by atoms with Gasteiger partial charge in [-0.3, -0.25) is 0 Å². The minimum atomic E-state index is 0.320. The zero-order chi connectivity index (χ0) is 12.8. The fourth-order valence-electron chi connectivity index (χ4n) is 1.14. The number of hydrogen-bond acceptors (Lipinski definition) is 6. The maximum atomic E-state index is 5.08. The molecule has 0 atom stereocenters. The first kappa shape index (κ1) is 13.5. The van der Waals surface area contributed by atoms with E-state index in [0.29, 0.717) is 23.9 Å². The van der Waals surface area contributed by atoms with E-state index in [0.717, 1.165) is 13.0 Å². The zero-order valence-electron chi connectivity index (χ0n) is 11.2. The van der Waals surface area contributed by atoms with Crippen LogP contribution in [0, 0.1) is 0 Å². The Balaban J connectivity index is 2.96. The molecule has 0 saturated carbocycles. The van der Waals surface area contributed by atoms with Crippen molar-refractivity contribution in [3.8, 4) is 6.01 Å². The molecular formula is C11H21N5O. The van der Waals surface area contributed by atoms with Gasteiger partial charge in [0, 0.05) is 19.6 Å². The maximum Gasteiger partial charge on any atom is 0.322 e. The first-order valence-corrected chi connectivity index (χ1v) is 5.85. The fourth-order valence-corrected chi connectivity index (χ4v) is 1.14. The molecule has 0 aliphatic heterocycles. The van der Waals surface area contributed by atoms with E-state index in [1.807, 2.05) is 11.9 Å². The van der Waals surface area contributed by atoms with Crippen LogP contribution in [0.5, 0.6) is 6.01 Å². The lowest BCUT2D eigenvalue weighted by Gasteiger charge is -2.21. The third kappa shape index (κ3) is 3.72. The molecule has 96 valence electrons. The summed E-state index contributed by atoms with van der Waals surface area (Å²) in [7, 11) is 3.50. The molecule has 0 radical (unpaired) electrons. The highest BCUT2D eigenvalue weighted by Gasteiger charge is 2.12. The van der Waals surface area contributed by atoms with Crippen LogP contribution in [0.1, 0.15) is 27.2 Å². The summed E-state index contributed by atoms with van der Waals surface area (Å²) in [6.07, 6.45) is 1.02. The number of methoxy groups -OCH3 is 1. The largest absolute Gasteiger partial charge is 0.467 e. The summed E-state index contributed by atoms with van der Waals surface area (Å²) >= 11 is 0. The van der Waals surface area contributed by atoms with E-state index in [4.69, 9.17) is 4.74 Å². The fraction of sp³-hybridized carbons (Fsp3) is 0.727. The second kappa shape index (κ2) is 6.22. The van der Waals surface area contributed by atoms with Gasteiger partial charge in [0.05, 0.1) is 7.11 Å². The minimum absolute atomic E-state index is 0.320. The van der Waals surface area contributed by atoms with Crippen molar-refractivity contribution in [2.75, 3.05) is 30.9 Å². The number of rotatable bonds is 6. The van der Waals surface area contributed by atoms with Gasteiger partial charge in [-0.1, -0.05) is 6.92 Å². The lowest BCUT2D eigenvalue weighted by atomic mass is 10.4. The Labute approximate surface area is 102 Å². The molecule has 0 bridgehead atoms. The van der Waals surface area contributed by atoms with Crippen molar-refractivity contribution in [3.63, 3.8) is 0 Å². The van der Waals surface area contributed by atoms with Gasteiger partial charge in [0.15, 0.2) is 0 Å². The number of nitrogens with zero attached hydrogens (tertiary/aromatic N) is 4. The monoisotopic (exact) mass is 239 g/mol. The first-order chi connectivity index (χ1) is 8.08. The van der Waals surface area contributed by atoms with Gasteiger partial charge in [-0.15, -0.1) is 0 Å². The van der Waals surface area contributed by atoms with Gasteiger partial charge in [-0.2, -0.15) is 15.0 Å². The predicted octanol–water partition coefficient (Wildman–Crippen LogP) is 1.55. The Hall–Kier alpha value is -1.59. The third-order valence-corrected chi connectivity index (χ3v) is 2.41. The second-order valence-corrected chi connectivity index (χ2v) is 4.08. The van der Waals surface area contributed by atoms with Crippen LogP contribution in [0.2, 0.25) is 0 Å². The normalized spacial score (nSPS) is 10.5. The van der Waals surface area contributed by atoms with E-state index in [2.05, 4.69) is 41.0 Å². The van der Waals surface area contributed by atoms with Crippen molar-refractivity contribution in [2.24, 2.45) is 0 Å². The Morgan fingerprint density at radius 2 is 2.00 bits per heavy atom. The van der Waals surface area contributed by atoms with Crippen LogP contribution in [0.15, 0.2) is 0 Å². The van der Waals surface area contributed by atoms with Gasteiger partial charge < -0.3 is 15.0 Å². The van der Waals surface area contributed by atoms with Crippen LogP contribution in [-0.2, 0) is 0 Å². The van der Waals surface area contributed by atoms with Gasteiger partial charge >= 0.3 is 6.01 Å². The van der Waals surface area contributed by atoms with Crippen molar-refractivity contribution in [1.82, 2.24) is 15.0 Å². The van der Waals surface area contributed by atoms with E-state index in [1.165, 1.54) is 0 Å². The number of hydrogen-bond donors (Lipinski definition) is 1. The summed E-state index contributed by atoms with van der Waals surface area (Å²) in [5, 5.41) is 3.13. The lowest BCUT2D eigenvalue weighted by Crippen LogP contribution is -2.28. The van der Waals surface area contributed by atoms with Crippen molar-refractivity contribution in [3.05, 3.63) is 0 Å². The molecule has 1 aromatic rings. The van der Waals surface area contributed by atoms with E-state index >= 15 is 0 Å². The molecule has 0 aliphatic carbocycles. The average Bonchev–Trinajstić information content (AvgIpc) is 2.34. The number of anilines is 2. The van der Waals surface area contributed by atoms with Gasteiger partial charge in [0.25, 0.3) is 0 Å². The molecule has 1 N–H and O–H groups in total. The van der Waals surface area contributed by atoms with Crippen molar-refractivity contribution < 1.29 is 4.74 Å². The number of ether oxygens (including phenoxy) is 1. The van der Waals surface area contributed by atoms with Gasteiger partial charge in [0.2, 0.25) is 11.9 Å². The SMILES string of the molecule is CCCNc1nc(OC)nc(N(C)C(C)C)n1. The van der Waals surface area contributed by atoms with E-state index in [9.17, 15) is 0 Å². The van der Waals surface area contributed by atoms with Crippen LogP contribution in [0.3, 0.4) is 0 Å². The quantitative estimate of drug-likeness (QED) is 0.812. The number of aromatic nitrogens is 3. The highest BCUT2D eigenvalue weighted by molar-refractivity contribution is 5.38. The van der Waals surface area contributed by atoms with E-state index in [-0.39, 0.29) is 0 Å². The molecular weight excluding hydrogens is 218 g/mol. The van der Waals surface area contributed by atoms with E-state index < -0.39 is 0 Å². The molecule has 6 nitrogen and oxygen atoms in total. The van der Waals surface area contributed by atoms with E-state index in [1.54, 1.807) is 7.11 Å². The first-order valence-electron chi connectivity index (χ1n) is 5.85. The average molecular weight is 239 g/mol. The van der Waals surface area contributed by atoms with Crippen molar-refractivity contribution in [2.45, 2.75) is 33.2 Å². The Morgan fingerprint density at radius 3 is 2.53 bits per heavy atom. The van der Waals surface area contributed by atoms with Crippen LogP contribution in [0.25, 0.3) is 0 Å². The maximum absolute atomic E-state index is 5.08. The zero-order valence-corrected chi connectivity index (χ0v) is 11.2. The smallest absolute Gasteiger partial charge is 0.322 e. The molecule has 0 amide bonds. The molecule has 0 unspecified atom stereocenters.